The third kappa shape index (κ3) is 2.82. The summed E-state index contributed by atoms with van der Waals surface area (Å²) in [5, 5.41) is 8.64. The zero-order valence-corrected chi connectivity index (χ0v) is 9.13. The van der Waals surface area contributed by atoms with Crippen molar-refractivity contribution in [2.75, 3.05) is 0 Å². The molecule has 2 aromatic carbocycles. The lowest BCUT2D eigenvalue weighted by molar-refractivity contribution is -0.131. The van der Waals surface area contributed by atoms with Crippen LogP contribution in [0.25, 0.3) is 17.2 Å². The third-order valence-corrected chi connectivity index (χ3v) is 2.40. The molecule has 0 amide bonds. The fourth-order valence-electron chi connectivity index (χ4n) is 1.63. The predicted molar refractivity (Wildman–Crippen MR) is 67.4 cm³/mol. The second kappa shape index (κ2) is 5.12. The Hall–Kier alpha value is -2.35. The smallest absolute Gasteiger partial charge is 0.328 e. The van der Waals surface area contributed by atoms with E-state index < -0.39 is 5.97 Å². The van der Waals surface area contributed by atoms with Gasteiger partial charge in [0.05, 0.1) is 0 Å². The lowest BCUT2D eigenvalue weighted by atomic mass is 9.99. The van der Waals surface area contributed by atoms with E-state index in [-0.39, 0.29) is 0 Å². The van der Waals surface area contributed by atoms with Crippen molar-refractivity contribution in [3.63, 3.8) is 0 Å². The van der Waals surface area contributed by atoms with Crippen LogP contribution in [0.5, 0.6) is 0 Å². The van der Waals surface area contributed by atoms with Crippen LogP contribution in [-0.4, -0.2) is 11.1 Å². The van der Waals surface area contributed by atoms with Crippen LogP contribution in [0.2, 0.25) is 0 Å². The Balaban J connectivity index is 2.45. The van der Waals surface area contributed by atoms with E-state index in [1.165, 1.54) is 0 Å². The molecule has 1 radical (unpaired) electrons. The number of carboxylic acid groups (broad SMARTS) is 1. The highest BCUT2D eigenvalue weighted by molar-refractivity contribution is 5.87. The number of aliphatic carboxylic acids is 1. The Kier molecular flexibility index (Phi) is 3.36. The van der Waals surface area contributed by atoms with E-state index in [9.17, 15) is 4.79 Å². The maximum absolute atomic E-state index is 10.5. The molecular formula is C15H11O2. The molecule has 0 aromatic heterocycles. The van der Waals surface area contributed by atoms with Gasteiger partial charge in [0, 0.05) is 6.08 Å². The second-order valence-corrected chi connectivity index (χ2v) is 3.55. The molecule has 0 unspecified atom stereocenters. The van der Waals surface area contributed by atoms with Gasteiger partial charge in [0.25, 0.3) is 0 Å². The van der Waals surface area contributed by atoms with Crippen molar-refractivity contribution in [3.05, 3.63) is 66.2 Å². The summed E-state index contributed by atoms with van der Waals surface area (Å²) in [6, 6.07) is 18.2. The Morgan fingerprint density at radius 1 is 1.12 bits per heavy atom. The Morgan fingerprint density at radius 2 is 1.82 bits per heavy atom. The molecule has 0 spiro atoms. The van der Waals surface area contributed by atoms with Crippen LogP contribution in [0.15, 0.2) is 54.6 Å². The minimum absolute atomic E-state index is 0.890. The summed E-state index contributed by atoms with van der Waals surface area (Å²) in [7, 11) is 0. The fraction of sp³-hybridized carbons (Fsp3) is 0. The Morgan fingerprint density at radius 3 is 2.53 bits per heavy atom. The largest absolute Gasteiger partial charge is 0.478 e. The molecule has 1 N–H and O–H groups in total. The predicted octanol–water partition coefficient (Wildman–Crippen LogP) is 3.25. The first-order valence-corrected chi connectivity index (χ1v) is 5.24. The SMILES string of the molecule is O=C(O)/C=C/c1ccccc1-c1cc[c]cc1. The van der Waals surface area contributed by atoms with E-state index in [2.05, 4.69) is 6.07 Å². The molecule has 0 saturated heterocycles. The molecule has 0 bridgehead atoms. The molecule has 2 heteroatoms. The van der Waals surface area contributed by atoms with Crippen molar-refractivity contribution in [2.24, 2.45) is 0 Å². The van der Waals surface area contributed by atoms with Crippen molar-refractivity contribution in [3.8, 4) is 11.1 Å². The molecule has 0 fully saturated rings. The maximum atomic E-state index is 10.5. The average Bonchev–Trinajstić information content (AvgIpc) is 2.38. The minimum atomic E-state index is -0.943. The first-order chi connectivity index (χ1) is 8.27. The summed E-state index contributed by atoms with van der Waals surface area (Å²) in [5.41, 5.74) is 2.95. The van der Waals surface area contributed by atoms with E-state index >= 15 is 0 Å². The maximum Gasteiger partial charge on any atom is 0.328 e. The molecule has 2 rings (SSSR count). The van der Waals surface area contributed by atoms with Gasteiger partial charge in [-0.3, -0.25) is 0 Å². The minimum Gasteiger partial charge on any atom is -0.478 e. The molecule has 0 aliphatic heterocycles. The molecule has 17 heavy (non-hydrogen) atoms. The summed E-state index contributed by atoms with van der Waals surface area (Å²) in [6.45, 7) is 0. The summed E-state index contributed by atoms with van der Waals surface area (Å²) in [6.07, 6.45) is 2.75. The summed E-state index contributed by atoms with van der Waals surface area (Å²) in [5.74, 6) is -0.943. The number of hydrogen-bond acceptors (Lipinski definition) is 1. The molecule has 0 heterocycles. The normalized spacial score (nSPS) is 10.6. The van der Waals surface area contributed by atoms with Gasteiger partial charge in [-0.2, -0.15) is 0 Å². The zero-order chi connectivity index (χ0) is 12.1. The number of hydrogen-bond donors (Lipinski definition) is 1. The number of benzene rings is 2. The fourth-order valence-corrected chi connectivity index (χ4v) is 1.63. The van der Waals surface area contributed by atoms with Crippen LogP contribution in [0.1, 0.15) is 5.56 Å². The highest BCUT2D eigenvalue weighted by atomic mass is 16.4. The average molecular weight is 223 g/mol. The molecule has 83 valence electrons. The highest BCUT2D eigenvalue weighted by Crippen LogP contribution is 2.24. The van der Waals surface area contributed by atoms with Crippen LogP contribution < -0.4 is 0 Å². The highest BCUT2D eigenvalue weighted by Gasteiger charge is 2.01. The Labute approximate surface area is 99.8 Å². The van der Waals surface area contributed by atoms with Crippen LogP contribution in [0, 0.1) is 6.07 Å². The number of carboxylic acids is 1. The lowest BCUT2D eigenvalue weighted by Gasteiger charge is -2.05. The first-order valence-electron chi connectivity index (χ1n) is 5.24. The molecule has 0 saturated carbocycles. The van der Waals surface area contributed by atoms with Crippen LogP contribution in [-0.2, 0) is 4.79 Å². The number of carbonyl (C=O) groups is 1. The molecular weight excluding hydrogens is 212 g/mol. The van der Waals surface area contributed by atoms with Gasteiger partial charge in [-0.25, -0.2) is 4.79 Å². The van der Waals surface area contributed by atoms with E-state index in [0.717, 1.165) is 22.8 Å². The summed E-state index contributed by atoms with van der Waals surface area (Å²) in [4.78, 5) is 10.5. The van der Waals surface area contributed by atoms with Gasteiger partial charge >= 0.3 is 5.97 Å². The van der Waals surface area contributed by atoms with E-state index in [1.807, 2.05) is 48.5 Å². The lowest BCUT2D eigenvalue weighted by Crippen LogP contribution is -1.87. The standard InChI is InChI=1S/C15H11O2/c16-15(17)11-10-13-8-4-5-9-14(13)12-6-2-1-3-7-12/h2-11H,(H,16,17)/b11-10+. The number of rotatable bonds is 3. The van der Waals surface area contributed by atoms with Gasteiger partial charge < -0.3 is 5.11 Å². The van der Waals surface area contributed by atoms with Gasteiger partial charge in [-0.05, 0) is 28.8 Å². The van der Waals surface area contributed by atoms with Crippen molar-refractivity contribution >= 4 is 12.0 Å². The molecule has 0 atom stereocenters. The topological polar surface area (TPSA) is 37.3 Å². The van der Waals surface area contributed by atoms with Crippen molar-refractivity contribution < 1.29 is 9.90 Å². The molecule has 0 aliphatic carbocycles. The van der Waals surface area contributed by atoms with Gasteiger partial charge in [0.15, 0.2) is 0 Å². The van der Waals surface area contributed by atoms with Crippen molar-refractivity contribution in [1.29, 1.82) is 0 Å². The zero-order valence-electron chi connectivity index (χ0n) is 9.13. The van der Waals surface area contributed by atoms with Gasteiger partial charge in [0.1, 0.15) is 0 Å². The third-order valence-electron chi connectivity index (χ3n) is 2.40. The van der Waals surface area contributed by atoms with Gasteiger partial charge in [-0.15, -0.1) is 0 Å². The Bertz CT molecular complexity index is 542. The van der Waals surface area contributed by atoms with Crippen molar-refractivity contribution in [1.82, 2.24) is 0 Å². The van der Waals surface area contributed by atoms with E-state index in [4.69, 9.17) is 5.11 Å². The van der Waals surface area contributed by atoms with Crippen molar-refractivity contribution in [2.45, 2.75) is 0 Å². The first kappa shape index (κ1) is 11.1. The van der Waals surface area contributed by atoms with Gasteiger partial charge in [-0.1, -0.05) is 48.5 Å². The summed E-state index contributed by atoms with van der Waals surface area (Å²) >= 11 is 0. The van der Waals surface area contributed by atoms with Gasteiger partial charge in [0.2, 0.25) is 0 Å². The summed E-state index contributed by atoms with van der Waals surface area (Å²) < 4.78 is 0. The van der Waals surface area contributed by atoms with Crippen LogP contribution >= 0.6 is 0 Å². The quantitative estimate of drug-likeness (QED) is 0.811. The monoisotopic (exact) mass is 223 g/mol. The van der Waals surface area contributed by atoms with E-state index in [1.54, 1.807) is 6.08 Å². The second-order valence-electron chi connectivity index (χ2n) is 3.55. The molecule has 0 aliphatic rings. The van der Waals surface area contributed by atoms with E-state index in [0.29, 0.717) is 0 Å². The molecule has 2 nitrogen and oxygen atoms in total. The van der Waals surface area contributed by atoms with Crippen LogP contribution in [0.3, 0.4) is 0 Å². The molecule has 2 aromatic rings. The van der Waals surface area contributed by atoms with Crippen LogP contribution in [0.4, 0.5) is 0 Å².